The minimum absolute atomic E-state index is 0.397. The highest BCUT2D eigenvalue weighted by Gasteiger charge is 2.29. The number of rotatable bonds is 5. The zero-order valence-electron chi connectivity index (χ0n) is 12.2. The van der Waals surface area contributed by atoms with Crippen LogP contribution >= 0.6 is 11.8 Å². The van der Waals surface area contributed by atoms with Crippen molar-refractivity contribution in [2.45, 2.75) is 56.7 Å². The first kappa shape index (κ1) is 14.9. The Bertz CT molecular complexity index is 365. The molecule has 0 heterocycles. The van der Waals surface area contributed by atoms with Crippen LogP contribution in [0.3, 0.4) is 0 Å². The average molecular weight is 277 g/mol. The van der Waals surface area contributed by atoms with Gasteiger partial charge in [-0.15, -0.1) is 0 Å². The maximum absolute atomic E-state index is 6.33. The summed E-state index contributed by atoms with van der Waals surface area (Å²) in [7, 11) is 0. The number of hydrogen-bond acceptors (Lipinski definition) is 2. The van der Waals surface area contributed by atoms with Crippen molar-refractivity contribution in [3.05, 3.63) is 35.9 Å². The van der Waals surface area contributed by atoms with Crippen LogP contribution in [0.15, 0.2) is 30.3 Å². The molecule has 2 N–H and O–H groups in total. The predicted molar refractivity (Wildman–Crippen MR) is 86.7 cm³/mol. The summed E-state index contributed by atoms with van der Waals surface area (Å²) < 4.78 is 0. The van der Waals surface area contributed by atoms with Gasteiger partial charge in [-0.25, -0.2) is 0 Å². The Kier molecular flexibility index (Phi) is 5.77. The molecule has 1 aliphatic carbocycles. The molecule has 2 heteroatoms. The van der Waals surface area contributed by atoms with E-state index in [4.69, 9.17) is 5.73 Å². The van der Waals surface area contributed by atoms with Gasteiger partial charge < -0.3 is 5.73 Å². The van der Waals surface area contributed by atoms with E-state index in [1.165, 1.54) is 37.0 Å². The Morgan fingerprint density at radius 1 is 1.26 bits per heavy atom. The fourth-order valence-electron chi connectivity index (χ4n) is 2.78. The lowest BCUT2D eigenvalue weighted by molar-refractivity contribution is 0.405. The van der Waals surface area contributed by atoms with E-state index in [0.717, 1.165) is 11.8 Å². The molecule has 19 heavy (non-hydrogen) atoms. The van der Waals surface area contributed by atoms with E-state index in [2.05, 4.69) is 55.9 Å². The second kappa shape index (κ2) is 7.35. The first-order valence-electron chi connectivity index (χ1n) is 7.62. The Morgan fingerprint density at radius 2 is 2.00 bits per heavy atom. The minimum atomic E-state index is 0.397. The van der Waals surface area contributed by atoms with Gasteiger partial charge in [0.2, 0.25) is 0 Å². The molecule has 0 amide bonds. The van der Waals surface area contributed by atoms with Crippen LogP contribution < -0.4 is 5.73 Å². The molecule has 0 bridgehead atoms. The summed E-state index contributed by atoms with van der Waals surface area (Å²) in [5.74, 6) is 2.79. The zero-order valence-corrected chi connectivity index (χ0v) is 13.0. The average Bonchev–Trinajstić information content (AvgIpc) is 2.47. The van der Waals surface area contributed by atoms with Gasteiger partial charge in [0, 0.05) is 11.3 Å². The molecule has 0 radical (unpaired) electrons. The largest absolute Gasteiger partial charge is 0.327 e. The van der Waals surface area contributed by atoms with Crippen molar-refractivity contribution >= 4 is 11.8 Å². The van der Waals surface area contributed by atoms with Gasteiger partial charge in [0.15, 0.2) is 0 Å². The molecule has 1 aliphatic rings. The molecule has 4 atom stereocenters. The van der Waals surface area contributed by atoms with Gasteiger partial charge in [0.05, 0.1) is 0 Å². The molecule has 0 aliphatic heterocycles. The van der Waals surface area contributed by atoms with E-state index < -0.39 is 0 Å². The van der Waals surface area contributed by atoms with Crippen LogP contribution in [-0.2, 0) is 0 Å². The third-order valence-electron chi connectivity index (χ3n) is 4.41. The molecular formula is C17H27NS. The quantitative estimate of drug-likeness (QED) is 0.861. The molecule has 1 saturated carbocycles. The molecule has 4 unspecified atom stereocenters. The Hall–Kier alpha value is -0.470. The highest BCUT2D eigenvalue weighted by Crippen LogP contribution is 2.38. The lowest BCUT2D eigenvalue weighted by Crippen LogP contribution is -2.38. The zero-order chi connectivity index (χ0) is 13.7. The van der Waals surface area contributed by atoms with Gasteiger partial charge in [-0.05, 0) is 42.4 Å². The van der Waals surface area contributed by atoms with E-state index in [9.17, 15) is 0 Å². The summed E-state index contributed by atoms with van der Waals surface area (Å²) in [6.45, 7) is 4.62. The van der Waals surface area contributed by atoms with Crippen LogP contribution in [-0.4, -0.2) is 17.0 Å². The Morgan fingerprint density at radius 3 is 2.68 bits per heavy atom. The SMILES string of the molecule is CCC(C)CSC1CC(c2ccccc2)CCC1N. The van der Waals surface area contributed by atoms with Crippen molar-refractivity contribution < 1.29 is 0 Å². The van der Waals surface area contributed by atoms with Crippen LogP contribution in [0.1, 0.15) is 51.0 Å². The van der Waals surface area contributed by atoms with Gasteiger partial charge in [-0.2, -0.15) is 11.8 Å². The van der Waals surface area contributed by atoms with E-state index in [-0.39, 0.29) is 0 Å². The summed E-state index contributed by atoms with van der Waals surface area (Å²) in [4.78, 5) is 0. The monoisotopic (exact) mass is 277 g/mol. The topological polar surface area (TPSA) is 26.0 Å². The molecular weight excluding hydrogens is 250 g/mol. The Labute approximate surface area is 122 Å². The van der Waals surface area contributed by atoms with Crippen LogP contribution in [0.4, 0.5) is 0 Å². The molecule has 0 saturated heterocycles. The van der Waals surface area contributed by atoms with Gasteiger partial charge in [-0.1, -0.05) is 50.6 Å². The number of benzene rings is 1. The fourth-order valence-corrected chi connectivity index (χ4v) is 4.34. The third kappa shape index (κ3) is 4.25. The molecule has 1 fully saturated rings. The highest BCUT2D eigenvalue weighted by molar-refractivity contribution is 7.99. The van der Waals surface area contributed by atoms with Crippen molar-refractivity contribution in [3.63, 3.8) is 0 Å². The van der Waals surface area contributed by atoms with E-state index in [0.29, 0.717) is 11.3 Å². The van der Waals surface area contributed by atoms with Crippen LogP contribution in [0.2, 0.25) is 0 Å². The van der Waals surface area contributed by atoms with Gasteiger partial charge in [-0.3, -0.25) is 0 Å². The fraction of sp³-hybridized carbons (Fsp3) is 0.647. The van der Waals surface area contributed by atoms with Gasteiger partial charge >= 0.3 is 0 Å². The van der Waals surface area contributed by atoms with Crippen LogP contribution in [0.25, 0.3) is 0 Å². The van der Waals surface area contributed by atoms with Crippen LogP contribution in [0, 0.1) is 5.92 Å². The summed E-state index contributed by atoms with van der Waals surface area (Å²) in [5, 5.41) is 0.646. The van der Waals surface area contributed by atoms with E-state index >= 15 is 0 Å². The lowest BCUT2D eigenvalue weighted by Gasteiger charge is -2.34. The predicted octanol–water partition coefficient (Wildman–Crippen LogP) is 4.43. The number of hydrogen-bond donors (Lipinski definition) is 1. The second-order valence-corrected chi connectivity index (χ2v) is 7.24. The number of thioether (sulfide) groups is 1. The Balaban J connectivity index is 1.92. The van der Waals surface area contributed by atoms with Crippen molar-refractivity contribution in [1.82, 2.24) is 0 Å². The molecule has 106 valence electrons. The van der Waals surface area contributed by atoms with Crippen molar-refractivity contribution in [2.24, 2.45) is 11.7 Å². The first-order valence-corrected chi connectivity index (χ1v) is 8.67. The number of nitrogens with two attached hydrogens (primary N) is 1. The molecule has 0 aromatic heterocycles. The maximum Gasteiger partial charge on any atom is 0.0204 e. The summed E-state index contributed by atoms with van der Waals surface area (Å²) in [5.41, 5.74) is 7.83. The normalized spacial score (nSPS) is 29.1. The summed E-state index contributed by atoms with van der Waals surface area (Å²) in [6.07, 6.45) is 4.96. The standard InChI is InChI=1S/C17H27NS/c1-3-13(2)12-19-17-11-15(9-10-16(17)18)14-7-5-4-6-8-14/h4-8,13,15-17H,3,9-12,18H2,1-2H3. The molecule has 1 aromatic rings. The van der Waals surface area contributed by atoms with E-state index in [1.54, 1.807) is 0 Å². The lowest BCUT2D eigenvalue weighted by atomic mass is 9.82. The molecule has 0 spiro atoms. The van der Waals surface area contributed by atoms with E-state index in [1.807, 2.05) is 0 Å². The summed E-state index contributed by atoms with van der Waals surface area (Å²) >= 11 is 2.11. The first-order chi connectivity index (χ1) is 9.20. The summed E-state index contributed by atoms with van der Waals surface area (Å²) in [6, 6.07) is 11.4. The van der Waals surface area contributed by atoms with Crippen molar-refractivity contribution in [1.29, 1.82) is 0 Å². The minimum Gasteiger partial charge on any atom is -0.327 e. The smallest absolute Gasteiger partial charge is 0.0204 e. The van der Waals surface area contributed by atoms with Crippen LogP contribution in [0.5, 0.6) is 0 Å². The van der Waals surface area contributed by atoms with Gasteiger partial charge in [0.25, 0.3) is 0 Å². The third-order valence-corrected chi connectivity index (χ3v) is 6.14. The maximum atomic E-state index is 6.33. The second-order valence-electron chi connectivity index (χ2n) is 5.97. The molecule has 2 rings (SSSR count). The van der Waals surface area contributed by atoms with Crippen molar-refractivity contribution in [3.8, 4) is 0 Å². The highest BCUT2D eigenvalue weighted by atomic mass is 32.2. The molecule has 1 nitrogen and oxygen atoms in total. The van der Waals surface area contributed by atoms with Gasteiger partial charge in [0.1, 0.15) is 0 Å². The molecule has 1 aromatic carbocycles. The van der Waals surface area contributed by atoms with Crippen molar-refractivity contribution in [2.75, 3.05) is 5.75 Å².